The molecule has 0 saturated heterocycles. The summed E-state index contributed by atoms with van der Waals surface area (Å²) in [7, 11) is -3.55. The van der Waals surface area contributed by atoms with Crippen LogP contribution in [0.5, 0.6) is 5.75 Å². The van der Waals surface area contributed by atoms with Gasteiger partial charge in [0.15, 0.2) is 5.11 Å². The highest BCUT2D eigenvalue weighted by molar-refractivity contribution is 7.89. The Hall–Kier alpha value is -1.64. The molecule has 0 bridgehead atoms. The quantitative estimate of drug-likeness (QED) is 0.514. The molecule has 0 aliphatic carbocycles. The summed E-state index contributed by atoms with van der Waals surface area (Å²) < 4.78 is 32.3. The van der Waals surface area contributed by atoms with Gasteiger partial charge in [0.1, 0.15) is 5.75 Å². The maximum Gasteiger partial charge on any atom is 0.243 e. The zero-order chi connectivity index (χ0) is 18.2. The predicted octanol–water partition coefficient (Wildman–Crippen LogP) is 2.59. The Balaban J connectivity index is 3.20. The molecule has 0 amide bonds. The molecule has 2 N–H and O–H groups in total. The van der Waals surface area contributed by atoms with Crippen LogP contribution in [0.4, 0.5) is 5.69 Å². The summed E-state index contributed by atoms with van der Waals surface area (Å²) in [5.41, 5.74) is 0.506. The molecular weight excluding hydrogens is 346 g/mol. The lowest BCUT2D eigenvalue weighted by Crippen LogP contribution is -2.31. The highest BCUT2D eigenvalue weighted by Gasteiger charge is 2.23. The Bertz CT molecular complexity index is 671. The van der Waals surface area contributed by atoms with Crippen molar-refractivity contribution < 1.29 is 13.2 Å². The molecule has 0 saturated carbocycles. The third-order valence-corrected chi connectivity index (χ3v) is 5.54. The van der Waals surface area contributed by atoms with Crippen LogP contribution in [-0.4, -0.2) is 44.1 Å². The summed E-state index contributed by atoms with van der Waals surface area (Å²) in [5, 5.41) is 6.29. The van der Waals surface area contributed by atoms with Crippen LogP contribution < -0.4 is 15.4 Å². The molecule has 0 heterocycles. The molecule has 0 aromatic heterocycles. The van der Waals surface area contributed by atoms with Crippen LogP contribution in [0, 0.1) is 0 Å². The van der Waals surface area contributed by atoms with Gasteiger partial charge < -0.3 is 15.4 Å². The average Bonchev–Trinajstić information content (AvgIpc) is 2.55. The minimum absolute atomic E-state index is 0.198. The van der Waals surface area contributed by atoms with E-state index in [0.29, 0.717) is 42.8 Å². The third-order valence-electron chi connectivity index (χ3n) is 3.25. The van der Waals surface area contributed by atoms with E-state index < -0.39 is 10.0 Å². The third kappa shape index (κ3) is 5.19. The molecule has 0 unspecified atom stereocenters. The summed E-state index contributed by atoms with van der Waals surface area (Å²) >= 11 is 5.19. The number of sulfonamides is 1. The first-order valence-electron chi connectivity index (χ1n) is 7.83. The van der Waals surface area contributed by atoms with Crippen molar-refractivity contribution in [2.24, 2.45) is 0 Å². The van der Waals surface area contributed by atoms with Gasteiger partial charge in [-0.25, -0.2) is 8.42 Å². The number of hydrogen-bond acceptors (Lipinski definition) is 4. The van der Waals surface area contributed by atoms with Gasteiger partial charge in [-0.3, -0.25) is 0 Å². The molecule has 0 spiro atoms. The summed E-state index contributed by atoms with van der Waals surface area (Å²) in [6.07, 6.45) is 1.68. The predicted molar refractivity (Wildman–Crippen MR) is 102 cm³/mol. The van der Waals surface area contributed by atoms with Crippen LogP contribution in [0.25, 0.3) is 0 Å². The molecule has 1 rings (SSSR count). The number of rotatable bonds is 9. The van der Waals surface area contributed by atoms with Gasteiger partial charge in [0.05, 0.1) is 17.2 Å². The topological polar surface area (TPSA) is 70.7 Å². The molecule has 134 valence electrons. The second kappa shape index (κ2) is 9.61. The average molecular weight is 372 g/mol. The number of anilines is 1. The smallest absolute Gasteiger partial charge is 0.243 e. The van der Waals surface area contributed by atoms with Gasteiger partial charge >= 0.3 is 0 Å². The summed E-state index contributed by atoms with van der Waals surface area (Å²) in [4.78, 5) is 0.198. The normalized spacial score (nSPS) is 11.2. The van der Waals surface area contributed by atoms with E-state index in [1.165, 1.54) is 4.31 Å². The maximum atomic E-state index is 12.7. The van der Waals surface area contributed by atoms with Crippen molar-refractivity contribution in [2.45, 2.75) is 25.7 Å². The first kappa shape index (κ1) is 20.4. The van der Waals surface area contributed by atoms with Gasteiger partial charge in [0.25, 0.3) is 0 Å². The Morgan fingerprint density at radius 2 is 2.00 bits per heavy atom. The van der Waals surface area contributed by atoms with Crippen molar-refractivity contribution >= 4 is 33.0 Å². The molecule has 6 nitrogen and oxygen atoms in total. The van der Waals surface area contributed by atoms with Crippen molar-refractivity contribution in [3.63, 3.8) is 0 Å². The SMILES string of the molecule is C=CCNC(=S)Nc1cc(S(=O)(=O)N(CC)CC)ccc1OCC. The van der Waals surface area contributed by atoms with Crippen LogP contribution in [0.2, 0.25) is 0 Å². The fraction of sp³-hybridized carbons (Fsp3) is 0.438. The molecule has 0 radical (unpaired) electrons. The van der Waals surface area contributed by atoms with E-state index in [2.05, 4.69) is 17.2 Å². The second-order valence-electron chi connectivity index (χ2n) is 4.80. The van der Waals surface area contributed by atoms with E-state index in [1.54, 1.807) is 24.3 Å². The van der Waals surface area contributed by atoms with Crippen LogP contribution in [0.15, 0.2) is 35.7 Å². The zero-order valence-electron chi connectivity index (χ0n) is 14.3. The van der Waals surface area contributed by atoms with Gasteiger partial charge in [-0.15, -0.1) is 6.58 Å². The van der Waals surface area contributed by atoms with E-state index in [0.717, 1.165) is 0 Å². The highest BCUT2D eigenvalue weighted by Crippen LogP contribution is 2.29. The first-order valence-corrected chi connectivity index (χ1v) is 9.68. The van der Waals surface area contributed by atoms with Crippen molar-refractivity contribution in [1.82, 2.24) is 9.62 Å². The molecule has 0 aliphatic heterocycles. The molecular formula is C16H25N3O3S2. The van der Waals surface area contributed by atoms with Crippen molar-refractivity contribution in [2.75, 3.05) is 31.6 Å². The number of thiocarbonyl (C=S) groups is 1. The maximum absolute atomic E-state index is 12.7. The number of nitrogens with zero attached hydrogens (tertiary/aromatic N) is 1. The van der Waals surface area contributed by atoms with Gasteiger partial charge in [0, 0.05) is 19.6 Å². The van der Waals surface area contributed by atoms with Crippen LogP contribution >= 0.6 is 12.2 Å². The van der Waals surface area contributed by atoms with Gasteiger partial charge in [-0.2, -0.15) is 4.31 Å². The van der Waals surface area contributed by atoms with Gasteiger partial charge in [0.2, 0.25) is 10.0 Å². The lowest BCUT2D eigenvalue weighted by molar-refractivity contribution is 0.341. The van der Waals surface area contributed by atoms with Gasteiger partial charge in [-0.1, -0.05) is 19.9 Å². The number of nitrogens with one attached hydrogen (secondary N) is 2. The molecule has 0 fully saturated rings. The van der Waals surface area contributed by atoms with Crippen molar-refractivity contribution in [3.05, 3.63) is 30.9 Å². The molecule has 0 atom stereocenters. The summed E-state index contributed by atoms with van der Waals surface area (Å²) in [6.45, 7) is 10.9. The Kier molecular flexibility index (Phi) is 8.17. The van der Waals surface area contributed by atoms with E-state index in [4.69, 9.17) is 17.0 Å². The van der Waals surface area contributed by atoms with Crippen LogP contribution in [0.1, 0.15) is 20.8 Å². The van der Waals surface area contributed by atoms with Crippen molar-refractivity contribution in [1.29, 1.82) is 0 Å². The first-order chi connectivity index (χ1) is 11.4. The van der Waals surface area contributed by atoms with Gasteiger partial charge in [-0.05, 0) is 37.3 Å². The van der Waals surface area contributed by atoms with E-state index in [-0.39, 0.29) is 4.90 Å². The number of hydrogen-bond donors (Lipinski definition) is 2. The Labute approximate surface area is 149 Å². The number of ether oxygens (including phenoxy) is 1. The van der Waals surface area contributed by atoms with Crippen LogP contribution in [-0.2, 0) is 10.0 Å². The molecule has 1 aromatic carbocycles. The fourth-order valence-corrected chi connectivity index (χ4v) is 3.77. The lowest BCUT2D eigenvalue weighted by atomic mass is 10.3. The minimum Gasteiger partial charge on any atom is -0.492 e. The highest BCUT2D eigenvalue weighted by atomic mass is 32.2. The largest absolute Gasteiger partial charge is 0.492 e. The minimum atomic E-state index is -3.55. The Morgan fingerprint density at radius 1 is 1.33 bits per heavy atom. The summed E-state index contributed by atoms with van der Waals surface area (Å²) in [5.74, 6) is 0.541. The van der Waals surface area contributed by atoms with E-state index in [9.17, 15) is 8.42 Å². The molecule has 8 heteroatoms. The number of benzene rings is 1. The van der Waals surface area contributed by atoms with Crippen molar-refractivity contribution in [3.8, 4) is 5.75 Å². The molecule has 0 aliphatic rings. The van der Waals surface area contributed by atoms with E-state index >= 15 is 0 Å². The monoisotopic (exact) mass is 371 g/mol. The fourth-order valence-electron chi connectivity index (χ4n) is 2.09. The van der Waals surface area contributed by atoms with E-state index in [1.807, 2.05) is 20.8 Å². The lowest BCUT2D eigenvalue weighted by Gasteiger charge is -2.20. The molecule has 24 heavy (non-hydrogen) atoms. The molecule has 1 aromatic rings. The Morgan fingerprint density at radius 3 is 2.54 bits per heavy atom. The van der Waals surface area contributed by atoms with Crippen LogP contribution in [0.3, 0.4) is 0 Å². The standard InChI is InChI=1S/C16H25N3O3S2/c1-5-11-17-16(23)18-14-12-13(9-10-15(14)22-8-4)24(20,21)19(6-2)7-3/h5,9-10,12H,1,6-8,11H2,2-4H3,(H2,17,18,23). The zero-order valence-corrected chi connectivity index (χ0v) is 16.0. The summed E-state index contributed by atoms with van der Waals surface area (Å²) in [6, 6.07) is 4.73. The second-order valence-corrected chi connectivity index (χ2v) is 7.15.